The van der Waals surface area contributed by atoms with Crippen LogP contribution in [0.15, 0.2) is 48.5 Å². The zero-order valence-corrected chi connectivity index (χ0v) is 14.6. The van der Waals surface area contributed by atoms with Crippen LogP contribution in [0.1, 0.15) is 21.5 Å². The van der Waals surface area contributed by atoms with Gasteiger partial charge in [0, 0.05) is 25.2 Å². The van der Waals surface area contributed by atoms with Gasteiger partial charge in [-0.05, 0) is 35.0 Å². The Balaban J connectivity index is 1.76. The molecule has 0 saturated heterocycles. The number of benzene rings is 2. The number of carbonyl (C=O) groups excluding carboxylic acids is 1. The van der Waals surface area contributed by atoms with Crippen LogP contribution < -0.4 is 0 Å². The molecule has 2 aromatic carbocycles. The summed E-state index contributed by atoms with van der Waals surface area (Å²) in [4.78, 5) is 14.6. The Morgan fingerprint density at radius 2 is 1.81 bits per heavy atom. The van der Waals surface area contributed by atoms with Gasteiger partial charge >= 0.3 is 6.18 Å². The maximum absolute atomic E-state index is 12.8. The second-order valence-electron chi connectivity index (χ2n) is 6.12. The predicted molar refractivity (Wildman–Crippen MR) is 91.8 cm³/mol. The smallest absolute Gasteiger partial charge is 0.345 e. The first kappa shape index (κ1) is 18.6. The topological polar surface area (TPSA) is 63.9 Å². The number of alkyl halides is 3. The maximum atomic E-state index is 12.8. The molecule has 27 heavy (non-hydrogen) atoms. The Hall–Kier alpha value is -3.23. The van der Waals surface area contributed by atoms with Crippen molar-refractivity contribution in [3.63, 3.8) is 0 Å². The van der Waals surface area contributed by atoms with Gasteiger partial charge < -0.3 is 4.90 Å². The molecule has 6 nitrogen and oxygen atoms in total. The number of hydrogen-bond donors (Lipinski definition) is 0. The molecule has 0 aliphatic rings. The van der Waals surface area contributed by atoms with Gasteiger partial charge in [-0.3, -0.25) is 4.79 Å². The summed E-state index contributed by atoms with van der Waals surface area (Å²) in [6, 6.07) is 11.7. The lowest BCUT2D eigenvalue weighted by Crippen LogP contribution is -2.21. The van der Waals surface area contributed by atoms with E-state index in [4.69, 9.17) is 0 Å². The van der Waals surface area contributed by atoms with Crippen molar-refractivity contribution in [1.29, 1.82) is 0 Å². The Labute approximate surface area is 153 Å². The average molecular weight is 375 g/mol. The highest BCUT2D eigenvalue weighted by molar-refractivity contribution is 5.93. The van der Waals surface area contributed by atoms with Gasteiger partial charge in [-0.2, -0.15) is 18.0 Å². The standard InChI is InChI=1S/C18H16F3N5O/c1-25(2)17(27)13-8-6-12(7-9-13)11-26-23-16(22-24-26)14-4-3-5-15(10-14)18(19,20)21/h3-10H,11H2,1-2H3. The van der Waals surface area contributed by atoms with Crippen LogP contribution in [0.2, 0.25) is 0 Å². The van der Waals surface area contributed by atoms with Crippen molar-refractivity contribution < 1.29 is 18.0 Å². The number of carbonyl (C=O) groups is 1. The number of hydrogen-bond acceptors (Lipinski definition) is 4. The molecule has 0 aliphatic heterocycles. The van der Waals surface area contributed by atoms with Gasteiger partial charge in [-0.1, -0.05) is 24.3 Å². The van der Waals surface area contributed by atoms with Crippen molar-refractivity contribution in [2.45, 2.75) is 12.7 Å². The first-order chi connectivity index (χ1) is 12.7. The molecular weight excluding hydrogens is 359 g/mol. The fraction of sp³-hybridized carbons (Fsp3) is 0.222. The van der Waals surface area contributed by atoms with Gasteiger partial charge in [-0.25, -0.2) is 0 Å². The van der Waals surface area contributed by atoms with Gasteiger partial charge in [0.1, 0.15) is 0 Å². The van der Waals surface area contributed by atoms with Gasteiger partial charge in [0.05, 0.1) is 12.1 Å². The van der Waals surface area contributed by atoms with E-state index in [9.17, 15) is 18.0 Å². The third-order valence-electron chi connectivity index (χ3n) is 3.83. The van der Waals surface area contributed by atoms with E-state index in [0.29, 0.717) is 5.56 Å². The van der Waals surface area contributed by atoms with Gasteiger partial charge in [-0.15, -0.1) is 10.2 Å². The van der Waals surface area contributed by atoms with Crippen molar-refractivity contribution in [2.24, 2.45) is 0 Å². The summed E-state index contributed by atoms with van der Waals surface area (Å²) < 4.78 is 38.5. The average Bonchev–Trinajstić information content (AvgIpc) is 3.09. The van der Waals surface area contributed by atoms with Crippen LogP contribution >= 0.6 is 0 Å². The molecule has 3 aromatic rings. The van der Waals surface area contributed by atoms with Crippen molar-refractivity contribution in [3.8, 4) is 11.4 Å². The number of aromatic nitrogens is 4. The molecule has 0 atom stereocenters. The SMILES string of the molecule is CN(C)C(=O)c1ccc(Cn2nnc(-c3cccc(C(F)(F)F)c3)n2)cc1. The maximum Gasteiger partial charge on any atom is 0.416 e. The van der Waals surface area contributed by atoms with Crippen LogP contribution in [0.25, 0.3) is 11.4 Å². The summed E-state index contributed by atoms with van der Waals surface area (Å²) in [7, 11) is 3.34. The highest BCUT2D eigenvalue weighted by Gasteiger charge is 2.30. The number of amides is 1. The molecule has 0 fully saturated rings. The summed E-state index contributed by atoms with van der Waals surface area (Å²) in [5.41, 5.74) is 0.860. The molecule has 3 rings (SSSR count). The second-order valence-corrected chi connectivity index (χ2v) is 6.12. The van der Waals surface area contributed by atoms with E-state index in [0.717, 1.165) is 17.7 Å². The number of tetrazole rings is 1. The second kappa shape index (κ2) is 7.18. The quantitative estimate of drug-likeness (QED) is 0.703. The fourth-order valence-electron chi connectivity index (χ4n) is 2.43. The van der Waals surface area contributed by atoms with Gasteiger partial charge in [0.25, 0.3) is 5.91 Å². The van der Waals surface area contributed by atoms with Crippen LogP contribution in [0.4, 0.5) is 13.2 Å². The number of nitrogens with zero attached hydrogens (tertiary/aromatic N) is 5. The van der Waals surface area contributed by atoms with Crippen LogP contribution in [0.5, 0.6) is 0 Å². The molecule has 0 radical (unpaired) electrons. The lowest BCUT2D eigenvalue weighted by Gasteiger charge is -2.10. The Kier molecular flexibility index (Phi) is 4.93. The predicted octanol–water partition coefficient (Wildman–Crippen LogP) is 3.11. The van der Waals surface area contributed by atoms with Crippen molar-refractivity contribution in [3.05, 3.63) is 65.2 Å². The molecular formula is C18H16F3N5O. The zero-order chi connectivity index (χ0) is 19.6. The summed E-state index contributed by atoms with van der Waals surface area (Å²) in [6.45, 7) is 0.280. The zero-order valence-electron chi connectivity index (χ0n) is 14.6. The lowest BCUT2D eigenvalue weighted by molar-refractivity contribution is -0.137. The summed E-state index contributed by atoms with van der Waals surface area (Å²) in [5, 5.41) is 11.8. The van der Waals surface area contributed by atoms with Gasteiger partial charge in [0.15, 0.2) is 0 Å². The minimum atomic E-state index is -4.43. The van der Waals surface area contributed by atoms with Crippen LogP contribution in [-0.4, -0.2) is 45.1 Å². The molecule has 0 bridgehead atoms. The molecule has 1 heterocycles. The lowest BCUT2D eigenvalue weighted by atomic mass is 10.1. The largest absolute Gasteiger partial charge is 0.416 e. The van der Waals surface area contributed by atoms with Gasteiger partial charge in [0.2, 0.25) is 5.82 Å². The molecule has 0 unspecified atom stereocenters. The monoisotopic (exact) mass is 375 g/mol. The molecule has 0 aliphatic carbocycles. The minimum absolute atomic E-state index is 0.104. The van der Waals surface area contributed by atoms with E-state index in [1.807, 2.05) is 0 Å². The minimum Gasteiger partial charge on any atom is -0.345 e. The third kappa shape index (κ3) is 4.30. The Morgan fingerprint density at radius 1 is 1.11 bits per heavy atom. The Bertz CT molecular complexity index is 948. The van der Waals surface area contributed by atoms with E-state index < -0.39 is 11.7 Å². The van der Waals surface area contributed by atoms with E-state index >= 15 is 0 Å². The van der Waals surface area contributed by atoms with E-state index in [1.165, 1.54) is 21.8 Å². The summed E-state index contributed by atoms with van der Waals surface area (Å²) >= 11 is 0. The van der Waals surface area contributed by atoms with Crippen molar-refractivity contribution >= 4 is 5.91 Å². The van der Waals surface area contributed by atoms with Crippen LogP contribution in [-0.2, 0) is 12.7 Å². The summed E-state index contributed by atoms with van der Waals surface area (Å²) in [6.07, 6.45) is -4.43. The fourth-order valence-corrected chi connectivity index (χ4v) is 2.43. The first-order valence-electron chi connectivity index (χ1n) is 8.00. The molecule has 1 aromatic heterocycles. The van der Waals surface area contributed by atoms with E-state index in [1.54, 1.807) is 38.4 Å². The van der Waals surface area contributed by atoms with Crippen LogP contribution in [0.3, 0.4) is 0 Å². The molecule has 1 amide bonds. The summed E-state index contributed by atoms with van der Waals surface area (Å²) in [5.74, 6) is 0.00719. The normalized spacial score (nSPS) is 11.4. The number of halogens is 3. The highest BCUT2D eigenvalue weighted by Crippen LogP contribution is 2.31. The molecule has 9 heteroatoms. The first-order valence-corrected chi connectivity index (χ1v) is 8.00. The van der Waals surface area contributed by atoms with E-state index in [2.05, 4.69) is 15.4 Å². The molecule has 0 saturated carbocycles. The Morgan fingerprint density at radius 3 is 2.44 bits per heavy atom. The van der Waals surface area contributed by atoms with Crippen molar-refractivity contribution in [2.75, 3.05) is 14.1 Å². The molecule has 0 N–H and O–H groups in total. The third-order valence-corrected chi connectivity index (χ3v) is 3.83. The number of rotatable bonds is 4. The van der Waals surface area contributed by atoms with Crippen molar-refractivity contribution in [1.82, 2.24) is 25.1 Å². The van der Waals surface area contributed by atoms with E-state index in [-0.39, 0.29) is 23.8 Å². The highest BCUT2D eigenvalue weighted by atomic mass is 19.4. The molecule has 0 spiro atoms. The molecule has 140 valence electrons. The van der Waals surface area contributed by atoms with Crippen LogP contribution in [0, 0.1) is 0 Å².